The molecule has 0 saturated heterocycles. The van der Waals surface area contributed by atoms with Gasteiger partial charge in [0, 0.05) is 17.3 Å². The Morgan fingerprint density at radius 1 is 1.59 bits per heavy atom. The van der Waals surface area contributed by atoms with Crippen molar-refractivity contribution >= 4 is 33.2 Å². The molecule has 96 valence electrons. The molecule has 2 N–H and O–H groups in total. The summed E-state index contributed by atoms with van der Waals surface area (Å²) >= 11 is 5.19. The minimum atomic E-state index is -0.145. The Morgan fingerprint density at radius 2 is 2.29 bits per heavy atom. The van der Waals surface area contributed by atoms with Crippen LogP contribution in [0.1, 0.15) is 42.2 Å². The van der Waals surface area contributed by atoms with Crippen molar-refractivity contribution in [2.75, 3.05) is 7.11 Å². The van der Waals surface area contributed by atoms with E-state index in [2.05, 4.69) is 33.7 Å². The number of unbranched alkanes of at least 4 members (excludes halogenated alkanes) is 1. The van der Waals surface area contributed by atoms with Crippen LogP contribution in [0.2, 0.25) is 0 Å². The number of hydrogen-bond acceptors (Lipinski definition) is 4. The molecule has 0 radical (unpaired) electrons. The summed E-state index contributed by atoms with van der Waals surface area (Å²) in [7, 11) is 1.42. The van der Waals surface area contributed by atoms with E-state index < -0.39 is 0 Å². The first-order valence-corrected chi connectivity index (χ1v) is 7.23. The lowest BCUT2D eigenvalue weighted by Gasteiger charge is -2.08. The van der Waals surface area contributed by atoms with Gasteiger partial charge >= 0.3 is 5.97 Å². The van der Waals surface area contributed by atoms with Crippen molar-refractivity contribution < 1.29 is 9.53 Å². The van der Waals surface area contributed by atoms with Gasteiger partial charge in [-0.2, -0.15) is 0 Å². The number of rotatable bonds is 6. The second-order valence-electron chi connectivity index (χ2n) is 4.03. The predicted octanol–water partition coefficient (Wildman–Crippen LogP) is 3.55. The fraction of sp³-hybridized carbons (Fsp3) is 0.583. The lowest BCUT2D eigenvalue weighted by Crippen LogP contribution is -2.08. The van der Waals surface area contributed by atoms with E-state index >= 15 is 0 Å². The molecule has 0 aromatic carbocycles. The van der Waals surface area contributed by atoms with Gasteiger partial charge in [0.05, 0.1) is 10.9 Å². The second-order valence-corrected chi connectivity index (χ2v) is 6.44. The highest BCUT2D eigenvalue weighted by Crippen LogP contribution is 2.32. The number of aryl methyl sites for hydroxylation is 1. The van der Waals surface area contributed by atoms with Crippen LogP contribution in [0.4, 0.5) is 0 Å². The molecule has 0 spiro atoms. The summed E-state index contributed by atoms with van der Waals surface area (Å²) in [6.07, 6.45) is 3.18. The van der Waals surface area contributed by atoms with Gasteiger partial charge in [-0.25, -0.2) is 0 Å². The van der Waals surface area contributed by atoms with Crippen LogP contribution in [0.15, 0.2) is 9.85 Å². The highest BCUT2D eigenvalue weighted by molar-refractivity contribution is 9.11. The number of esters is 1. The van der Waals surface area contributed by atoms with Crippen LogP contribution >= 0.6 is 27.3 Å². The second kappa shape index (κ2) is 7.13. The topological polar surface area (TPSA) is 52.3 Å². The van der Waals surface area contributed by atoms with Crippen molar-refractivity contribution in [3.63, 3.8) is 0 Å². The van der Waals surface area contributed by atoms with E-state index in [1.807, 2.05) is 0 Å². The maximum atomic E-state index is 10.9. The first-order chi connectivity index (χ1) is 8.04. The quantitative estimate of drug-likeness (QED) is 0.644. The lowest BCUT2D eigenvalue weighted by molar-refractivity contribution is -0.140. The molecule has 1 heterocycles. The molecular weight excluding hydrogens is 302 g/mol. The number of nitrogens with two attached hydrogens (primary N) is 1. The van der Waals surface area contributed by atoms with Crippen LogP contribution in [0.5, 0.6) is 0 Å². The smallest absolute Gasteiger partial charge is 0.305 e. The van der Waals surface area contributed by atoms with E-state index in [1.165, 1.54) is 17.6 Å². The van der Waals surface area contributed by atoms with Crippen LogP contribution in [-0.4, -0.2) is 13.1 Å². The lowest BCUT2D eigenvalue weighted by atomic mass is 10.1. The Balaban J connectivity index is 2.30. The summed E-state index contributed by atoms with van der Waals surface area (Å²) in [6.45, 7) is 2.06. The zero-order valence-corrected chi connectivity index (χ0v) is 12.6. The molecule has 0 aliphatic heterocycles. The zero-order chi connectivity index (χ0) is 12.8. The van der Waals surface area contributed by atoms with Crippen molar-refractivity contribution in [2.45, 2.75) is 38.6 Å². The molecule has 0 saturated carbocycles. The molecule has 0 bridgehead atoms. The van der Waals surface area contributed by atoms with E-state index in [0.717, 1.165) is 23.0 Å². The summed E-state index contributed by atoms with van der Waals surface area (Å²) in [5.74, 6) is -0.145. The van der Waals surface area contributed by atoms with Crippen LogP contribution in [0, 0.1) is 6.92 Å². The number of carbonyl (C=O) groups excluding carboxylic acids is 1. The largest absolute Gasteiger partial charge is 0.469 e. The number of carbonyl (C=O) groups is 1. The highest BCUT2D eigenvalue weighted by Gasteiger charge is 2.11. The molecule has 5 heteroatoms. The third-order valence-electron chi connectivity index (χ3n) is 2.62. The molecule has 1 rings (SSSR count). The molecule has 0 amide bonds. The SMILES string of the molecule is COC(=O)CCCCC(N)c1cc(C)c(Br)s1. The molecule has 3 nitrogen and oxygen atoms in total. The Bertz CT molecular complexity index is 359. The summed E-state index contributed by atoms with van der Waals surface area (Å²) in [4.78, 5) is 12.1. The molecule has 0 aliphatic rings. The van der Waals surface area contributed by atoms with Gasteiger partial charge in [-0.15, -0.1) is 11.3 Å². The van der Waals surface area contributed by atoms with Crippen LogP contribution in [-0.2, 0) is 9.53 Å². The minimum Gasteiger partial charge on any atom is -0.469 e. The fourth-order valence-electron chi connectivity index (χ4n) is 1.54. The third kappa shape index (κ3) is 4.77. The van der Waals surface area contributed by atoms with Crippen molar-refractivity contribution in [2.24, 2.45) is 5.73 Å². The molecule has 1 atom stereocenters. The van der Waals surface area contributed by atoms with Gasteiger partial charge in [-0.1, -0.05) is 6.42 Å². The molecule has 0 aliphatic carbocycles. The minimum absolute atomic E-state index is 0.0719. The van der Waals surface area contributed by atoms with Gasteiger partial charge in [-0.05, 0) is 47.3 Å². The Labute approximate surface area is 114 Å². The van der Waals surface area contributed by atoms with Gasteiger partial charge in [0.25, 0.3) is 0 Å². The van der Waals surface area contributed by atoms with Crippen molar-refractivity contribution in [1.82, 2.24) is 0 Å². The summed E-state index contributed by atoms with van der Waals surface area (Å²) in [5.41, 5.74) is 7.33. The van der Waals surface area contributed by atoms with Gasteiger partial charge in [0.15, 0.2) is 0 Å². The van der Waals surface area contributed by atoms with Crippen LogP contribution in [0.3, 0.4) is 0 Å². The van der Waals surface area contributed by atoms with Gasteiger partial charge in [0.1, 0.15) is 0 Å². The number of halogens is 1. The molecule has 1 aromatic rings. The first-order valence-electron chi connectivity index (χ1n) is 5.62. The van der Waals surface area contributed by atoms with E-state index in [9.17, 15) is 4.79 Å². The van der Waals surface area contributed by atoms with E-state index in [-0.39, 0.29) is 12.0 Å². The van der Waals surface area contributed by atoms with Gasteiger partial charge < -0.3 is 10.5 Å². The van der Waals surface area contributed by atoms with Crippen molar-refractivity contribution in [1.29, 1.82) is 0 Å². The monoisotopic (exact) mass is 319 g/mol. The van der Waals surface area contributed by atoms with Crippen molar-refractivity contribution in [3.8, 4) is 0 Å². The summed E-state index contributed by atoms with van der Waals surface area (Å²) < 4.78 is 5.74. The number of thiophene rings is 1. The number of methoxy groups -OCH3 is 1. The maximum absolute atomic E-state index is 10.9. The average Bonchev–Trinajstić information content (AvgIpc) is 2.64. The van der Waals surface area contributed by atoms with Crippen LogP contribution in [0.25, 0.3) is 0 Å². The maximum Gasteiger partial charge on any atom is 0.305 e. The summed E-state index contributed by atoms with van der Waals surface area (Å²) in [5, 5.41) is 0. The molecular formula is C12H18BrNO2S. The zero-order valence-electron chi connectivity index (χ0n) is 10.2. The highest BCUT2D eigenvalue weighted by atomic mass is 79.9. The number of ether oxygens (including phenoxy) is 1. The predicted molar refractivity (Wildman–Crippen MR) is 74.2 cm³/mol. The van der Waals surface area contributed by atoms with Gasteiger partial charge in [-0.3, -0.25) is 4.79 Å². The number of hydrogen-bond donors (Lipinski definition) is 1. The molecule has 17 heavy (non-hydrogen) atoms. The van der Waals surface area contributed by atoms with Crippen LogP contribution < -0.4 is 5.73 Å². The fourth-order valence-corrected chi connectivity index (χ4v) is 3.15. The van der Waals surface area contributed by atoms with E-state index in [4.69, 9.17) is 5.73 Å². The van der Waals surface area contributed by atoms with Crippen molar-refractivity contribution in [3.05, 3.63) is 20.3 Å². The van der Waals surface area contributed by atoms with E-state index in [0.29, 0.717) is 6.42 Å². The Morgan fingerprint density at radius 3 is 2.82 bits per heavy atom. The van der Waals surface area contributed by atoms with E-state index in [1.54, 1.807) is 11.3 Å². The molecule has 0 fully saturated rings. The molecule has 1 aromatic heterocycles. The average molecular weight is 320 g/mol. The Hall–Kier alpha value is -0.390. The normalized spacial score (nSPS) is 12.5. The Kier molecular flexibility index (Phi) is 6.16. The molecule has 1 unspecified atom stereocenters. The van der Waals surface area contributed by atoms with Gasteiger partial charge in [0.2, 0.25) is 0 Å². The standard InChI is InChI=1S/C12H18BrNO2S/c1-8-7-10(17-12(8)13)9(14)5-3-4-6-11(15)16-2/h7,9H,3-6,14H2,1-2H3. The third-order valence-corrected chi connectivity index (χ3v) is 4.88. The summed E-state index contributed by atoms with van der Waals surface area (Å²) in [6, 6.07) is 2.20. The first kappa shape index (κ1) is 14.7.